The Morgan fingerprint density at radius 1 is 1.57 bits per heavy atom. The molecule has 0 amide bonds. The molecule has 1 heterocycles. The smallest absolute Gasteiger partial charge is 0.354 e. The molecule has 1 rings (SSSR count). The molecule has 1 N–H and O–H groups in total. The molecule has 0 unspecified atom stereocenters. The number of hydrogen-bond acceptors (Lipinski definition) is 2. The minimum Gasteiger partial charge on any atom is -0.477 e. The Hall–Kier alpha value is -1.32. The van der Waals surface area contributed by atoms with Crippen molar-refractivity contribution in [1.29, 1.82) is 0 Å². The first-order valence-electron chi connectivity index (χ1n) is 4.68. The molecule has 78 valence electrons. The van der Waals surface area contributed by atoms with Gasteiger partial charge in [-0.15, -0.1) is 0 Å². The van der Waals surface area contributed by atoms with E-state index >= 15 is 0 Å². The van der Waals surface area contributed by atoms with Crippen LogP contribution in [-0.2, 0) is 12.0 Å². The van der Waals surface area contributed by atoms with Crippen LogP contribution < -0.4 is 0 Å². The van der Waals surface area contributed by atoms with Gasteiger partial charge in [0.25, 0.3) is 0 Å². The Bertz CT molecular complexity index is 347. The van der Waals surface area contributed by atoms with Crippen molar-refractivity contribution in [3.05, 3.63) is 17.5 Å². The predicted molar refractivity (Wildman–Crippen MR) is 53.6 cm³/mol. The quantitative estimate of drug-likeness (QED) is 0.786. The summed E-state index contributed by atoms with van der Waals surface area (Å²) in [5.41, 5.74) is 0.971. The summed E-state index contributed by atoms with van der Waals surface area (Å²) < 4.78 is 1.52. The maximum absolute atomic E-state index is 10.9. The molecule has 0 saturated heterocycles. The standard InChI is InChI=1S/C10H16N2O2/c1-5-12-7(9(13)14)6-8(11-12)10(2,3)4/h6H,5H2,1-4H3,(H,13,14). The van der Waals surface area contributed by atoms with Crippen molar-refractivity contribution < 1.29 is 9.90 Å². The van der Waals surface area contributed by atoms with Crippen LogP contribution in [0.3, 0.4) is 0 Å². The lowest BCUT2D eigenvalue weighted by atomic mass is 9.92. The Morgan fingerprint density at radius 3 is 2.43 bits per heavy atom. The lowest BCUT2D eigenvalue weighted by Crippen LogP contribution is -2.13. The number of carboxylic acids is 1. The van der Waals surface area contributed by atoms with Gasteiger partial charge in [0.05, 0.1) is 5.69 Å². The highest BCUT2D eigenvalue weighted by Gasteiger charge is 2.21. The van der Waals surface area contributed by atoms with E-state index < -0.39 is 5.97 Å². The molecule has 0 bridgehead atoms. The first-order valence-corrected chi connectivity index (χ1v) is 4.68. The monoisotopic (exact) mass is 196 g/mol. The van der Waals surface area contributed by atoms with Gasteiger partial charge in [-0.3, -0.25) is 4.68 Å². The van der Waals surface area contributed by atoms with Crippen molar-refractivity contribution in [2.75, 3.05) is 0 Å². The summed E-state index contributed by atoms with van der Waals surface area (Å²) in [6, 6.07) is 1.64. The van der Waals surface area contributed by atoms with Gasteiger partial charge < -0.3 is 5.11 Å². The topological polar surface area (TPSA) is 55.1 Å². The second-order valence-corrected chi connectivity index (χ2v) is 4.29. The van der Waals surface area contributed by atoms with Crippen LogP contribution >= 0.6 is 0 Å². The van der Waals surface area contributed by atoms with Crippen LogP contribution in [0.2, 0.25) is 0 Å². The molecule has 14 heavy (non-hydrogen) atoms. The molecule has 0 aliphatic heterocycles. The molecule has 1 aromatic rings. The SMILES string of the molecule is CCn1nc(C(C)(C)C)cc1C(=O)O. The second-order valence-electron chi connectivity index (χ2n) is 4.29. The van der Waals surface area contributed by atoms with Crippen LogP contribution in [0.4, 0.5) is 0 Å². The third-order valence-corrected chi connectivity index (χ3v) is 2.07. The van der Waals surface area contributed by atoms with E-state index in [4.69, 9.17) is 5.11 Å². The zero-order valence-corrected chi connectivity index (χ0v) is 9.03. The number of carboxylic acid groups (broad SMARTS) is 1. The maximum Gasteiger partial charge on any atom is 0.354 e. The number of aromatic carboxylic acids is 1. The zero-order chi connectivity index (χ0) is 10.9. The van der Waals surface area contributed by atoms with E-state index in [2.05, 4.69) is 5.10 Å². The van der Waals surface area contributed by atoms with Gasteiger partial charge in [-0.2, -0.15) is 5.10 Å². The van der Waals surface area contributed by atoms with Crippen LogP contribution in [0.15, 0.2) is 6.07 Å². The number of carbonyl (C=O) groups is 1. The molecule has 0 aromatic carbocycles. The van der Waals surface area contributed by atoms with Crippen LogP contribution in [0.5, 0.6) is 0 Å². The van der Waals surface area contributed by atoms with Crippen molar-refractivity contribution in [1.82, 2.24) is 9.78 Å². The van der Waals surface area contributed by atoms with E-state index in [1.165, 1.54) is 4.68 Å². The number of hydrogen-bond donors (Lipinski definition) is 1. The van der Waals surface area contributed by atoms with E-state index in [-0.39, 0.29) is 11.1 Å². The number of aromatic nitrogens is 2. The van der Waals surface area contributed by atoms with Gasteiger partial charge in [0.15, 0.2) is 0 Å². The highest BCUT2D eigenvalue weighted by Crippen LogP contribution is 2.21. The Kier molecular flexibility index (Phi) is 2.64. The minimum atomic E-state index is -0.921. The van der Waals surface area contributed by atoms with E-state index in [1.54, 1.807) is 6.07 Å². The minimum absolute atomic E-state index is 0.107. The van der Waals surface area contributed by atoms with E-state index in [9.17, 15) is 4.79 Å². The Morgan fingerprint density at radius 2 is 2.14 bits per heavy atom. The highest BCUT2D eigenvalue weighted by atomic mass is 16.4. The average Bonchev–Trinajstić information content (AvgIpc) is 2.45. The third-order valence-electron chi connectivity index (χ3n) is 2.07. The number of rotatable bonds is 2. The summed E-state index contributed by atoms with van der Waals surface area (Å²) in [5.74, 6) is -0.921. The zero-order valence-electron chi connectivity index (χ0n) is 9.03. The Labute approximate surface area is 83.5 Å². The first kappa shape index (κ1) is 10.8. The first-order chi connectivity index (χ1) is 6.36. The molecular formula is C10H16N2O2. The molecular weight excluding hydrogens is 180 g/mol. The maximum atomic E-state index is 10.9. The van der Waals surface area contributed by atoms with Crippen molar-refractivity contribution in [2.24, 2.45) is 0 Å². The normalized spacial score (nSPS) is 11.7. The fraction of sp³-hybridized carbons (Fsp3) is 0.600. The summed E-state index contributed by atoms with van der Waals surface area (Å²) in [4.78, 5) is 10.9. The Balaban J connectivity index is 3.20. The van der Waals surface area contributed by atoms with Gasteiger partial charge in [0, 0.05) is 12.0 Å². The number of aryl methyl sites for hydroxylation is 1. The molecule has 4 heteroatoms. The molecule has 0 atom stereocenters. The molecule has 0 fully saturated rings. The molecule has 4 nitrogen and oxygen atoms in total. The van der Waals surface area contributed by atoms with E-state index in [0.717, 1.165) is 5.69 Å². The molecule has 0 saturated carbocycles. The van der Waals surface area contributed by atoms with Gasteiger partial charge in [0.1, 0.15) is 5.69 Å². The van der Waals surface area contributed by atoms with Crippen molar-refractivity contribution in [2.45, 2.75) is 39.7 Å². The van der Waals surface area contributed by atoms with Gasteiger partial charge in [-0.1, -0.05) is 20.8 Å². The number of nitrogens with zero attached hydrogens (tertiary/aromatic N) is 2. The molecule has 0 radical (unpaired) electrons. The third kappa shape index (κ3) is 1.95. The fourth-order valence-electron chi connectivity index (χ4n) is 1.20. The molecule has 0 aliphatic carbocycles. The van der Waals surface area contributed by atoms with E-state index in [1.807, 2.05) is 27.7 Å². The van der Waals surface area contributed by atoms with Gasteiger partial charge in [0.2, 0.25) is 0 Å². The van der Waals surface area contributed by atoms with Gasteiger partial charge >= 0.3 is 5.97 Å². The summed E-state index contributed by atoms with van der Waals surface area (Å²) in [5, 5.41) is 13.2. The van der Waals surface area contributed by atoms with Gasteiger partial charge in [-0.05, 0) is 13.0 Å². The van der Waals surface area contributed by atoms with E-state index in [0.29, 0.717) is 6.54 Å². The lowest BCUT2D eigenvalue weighted by molar-refractivity contribution is 0.0683. The molecule has 1 aromatic heterocycles. The summed E-state index contributed by atoms with van der Waals surface area (Å²) in [7, 11) is 0. The summed E-state index contributed by atoms with van der Waals surface area (Å²) in [6.07, 6.45) is 0. The molecule has 0 spiro atoms. The van der Waals surface area contributed by atoms with Gasteiger partial charge in [-0.25, -0.2) is 4.79 Å². The summed E-state index contributed by atoms with van der Waals surface area (Å²) >= 11 is 0. The van der Waals surface area contributed by atoms with Crippen LogP contribution in [0.1, 0.15) is 43.9 Å². The lowest BCUT2D eigenvalue weighted by Gasteiger charge is -2.13. The predicted octanol–water partition coefficient (Wildman–Crippen LogP) is 1.90. The van der Waals surface area contributed by atoms with Crippen LogP contribution in [0, 0.1) is 0 Å². The van der Waals surface area contributed by atoms with Crippen LogP contribution in [0.25, 0.3) is 0 Å². The van der Waals surface area contributed by atoms with Crippen molar-refractivity contribution >= 4 is 5.97 Å². The fourth-order valence-corrected chi connectivity index (χ4v) is 1.20. The summed E-state index contributed by atoms with van der Waals surface area (Å²) in [6.45, 7) is 8.51. The van der Waals surface area contributed by atoms with Crippen LogP contribution in [-0.4, -0.2) is 20.9 Å². The van der Waals surface area contributed by atoms with Crippen molar-refractivity contribution in [3.63, 3.8) is 0 Å². The average molecular weight is 196 g/mol. The second kappa shape index (κ2) is 3.44. The molecule has 0 aliphatic rings. The van der Waals surface area contributed by atoms with Crippen molar-refractivity contribution in [3.8, 4) is 0 Å². The highest BCUT2D eigenvalue weighted by molar-refractivity contribution is 5.85. The largest absolute Gasteiger partial charge is 0.477 e.